The van der Waals surface area contributed by atoms with Crippen LogP contribution in [0.2, 0.25) is 0 Å². The van der Waals surface area contributed by atoms with Gasteiger partial charge in [0, 0.05) is 13.1 Å². The molecule has 1 aliphatic rings. The molecule has 1 saturated carbocycles. The average Bonchev–Trinajstić information content (AvgIpc) is 3.02. The highest BCUT2D eigenvalue weighted by atomic mass is 32.1. The van der Waals surface area contributed by atoms with Crippen LogP contribution in [0.1, 0.15) is 42.1 Å². The summed E-state index contributed by atoms with van der Waals surface area (Å²) in [5.41, 5.74) is 0.715. The minimum atomic E-state index is -0.854. The first kappa shape index (κ1) is 12.4. The first-order chi connectivity index (χ1) is 8.15. The van der Waals surface area contributed by atoms with Crippen molar-refractivity contribution in [3.63, 3.8) is 0 Å². The summed E-state index contributed by atoms with van der Waals surface area (Å²) in [7, 11) is 0. The fraction of sp³-hybridized carbons (Fsp3) is 0.667. The quantitative estimate of drug-likeness (QED) is 0.848. The van der Waals surface area contributed by atoms with Crippen molar-refractivity contribution in [2.75, 3.05) is 18.0 Å². The molecule has 0 atom stereocenters. The highest BCUT2D eigenvalue weighted by molar-refractivity contribution is 7.17. The number of anilines is 1. The minimum absolute atomic E-state index is 0.400. The van der Waals surface area contributed by atoms with Gasteiger partial charge in [0.05, 0.1) is 5.69 Å². The molecule has 0 aliphatic heterocycles. The van der Waals surface area contributed by atoms with E-state index in [9.17, 15) is 4.79 Å². The van der Waals surface area contributed by atoms with Gasteiger partial charge in [0.25, 0.3) is 0 Å². The maximum absolute atomic E-state index is 11.1. The van der Waals surface area contributed by atoms with Crippen molar-refractivity contribution in [2.45, 2.75) is 33.1 Å². The van der Waals surface area contributed by atoms with E-state index in [4.69, 9.17) is 5.11 Å². The number of nitrogens with zero attached hydrogens (tertiary/aromatic N) is 2. The van der Waals surface area contributed by atoms with Gasteiger partial charge in [0.1, 0.15) is 4.88 Å². The Bertz CT molecular complexity index is 413. The second kappa shape index (κ2) is 5.04. The molecule has 1 fully saturated rings. The molecule has 0 aromatic carbocycles. The Morgan fingerprint density at radius 1 is 1.53 bits per heavy atom. The van der Waals surface area contributed by atoms with Gasteiger partial charge in [-0.05, 0) is 32.1 Å². The Morgan fingerprint density at radius 2 is 2.24 bits per heavy atom. The first-order valence-corrected chi connectivity index (χ1v) is 6.95. The molecular formula is C12H18N2O2S. The van der Waals surface area contributed by atoms with Gasteiger partial charge >= 0.3 is 5.97 Å². The molecule has 4 nitrogen and oxygen atoms in total. The Kier molecular flexibility index (Phi) is 3.66. The number of rotatable bonds is 6. The minimum Gasteiger partial charge on any atom is -0.477 e. The fourth-order valence-corrected chi connectivity index (χ4v) is 2.90. The van der Waals surface area contributed by atoms with E-state index < -0.39 is 5.97 Å². The van der Waals surface area contributed by atoms with Crippen molar-refractivity contribution in [3.05, 3.63) is 10.6 Å². The third kappa shape index (κ3) is 2.77. The lowest BCUT2D eigenvalue weighted by Gasteiger charge is -2.19. The number of aryl methyl sites for hydroxylation is 1. The second-order valence-corrected chi connectivity index (χ2v) is 5.39. The van der Waals surface area contributed by atoms with Crippen LogP contribution in [0.5, 0.6) is 0 Å². The summed E-state index contributed by atoms with van der Waals surface area (Å²) in [5, 5.41) is 9.98. The molecule has 0 saturated heterocycles. The summed E-state index contributed by atoms with van der Waals surface area (Å²) in [6.45, 7) is 5.96. The maximum atomic E-state index is 11.1. The summed E-state index contributed by atoms with van der Waals surface area (Å²) >= 11 is 1.31. The van der Waals surface area contributed by atoms with Gasteiger partial charge in [-0.25, -0.2) is 9.78 Å². The third-order valence-electron chi connectivity index (χ3n) is 3.04. The monoisotopic (exact) mass is 254 g/mol. The Morgan fingerprint density at radius 3 is 2.65 bits per heavy atom. The molecule has 0 unspecified atom stereocenters. The largest absolute Gasteiger partial charge is 0.477 e. The molecule has 94 valence electrons. The first-order valence-electron chi connectivity index (χ1n) is 6.13. The van der Waals surface area contributed by atoms with E-state index in [1.165, 1.54) is 24.2 Å². The normalized spacial score (nSPS) is 14.9. The molecule has 0 bridgehead atoms. The van der Waals surface area contributed by atoms with Crippen LogP contribution in [0.15, 0.2) is 0 Å². The highest BCUT2D eigenvalue weighted by Gasteiger charge is 2.26. The third-order valence-corrected chi connectivity index (χ3v) is 4.19. The smallest absolute Gasteiger partial charge is 0.347 e. The van der Waals surface area contributed by atoms with Crippen LogP contribution in [-0.4, -0.2) is 29.1 Å². The molecular weight excluding hydrogens is 236 g/mol. The van der Waals surface area contributed by atoms with Gasteiger partial charge in [-0.2, -0.15) is 0 Å². The van der Waals surface area contributed by atoms with Crippen molar-refractivity contribution in [1.29, 1.82) is 0 Å². The summed E-state index contributed by atoms with van der Waals surface area (Å²) in [5.74, 6) is -0.0646. The molecule has 0 radical (unpaired) electrons. The summed E-state index contributed by atoms with van der Waals surface area (Å²) in [4.78, 5) is 18.2. The number of aromatic carboxylic acids is 1. The lowest BCUT2D eigenvalue weighted by molar-refractivity contribution is 0.0701. The van der Waals surface area contributed by atoms with Crippen molar-refractivity contribution >= 4 is 22.4 Å². The van der Waals surface area contributed by atoms with E-state index >= 15 is 0 Å². The summed E-state index contributed by atoms with van der Waals surface area (Å²) < 4.78 is 0. The fourth-order valence-electron chi connectivity index (χ4n) is 1.84. The number of thiazole rings is 1. The zero-order valence-electron chi connectivity index (χ0n) is 10.3. The highest BCUT2D eigenvalue weighted by Crippen LogP contribution is 2.33. The average molecular weight is 254 g/mol. The van der Waals surface area contributed by atoms with Crippen molar-refractivity contribution in [1.82, 2.24) is 4.98 Å². The van der Waals surface area contributed by atoms with Crippen LogP contribution in [0.4, 0.5) is 5.13 Å². The van der Waals surface area contributed by atoms with Crippen LogP contribution < -0.4 is 4.90 Å². The Labute approximate surface area is 105 Å². The van der Waals surface area contributed by atoms with Crippen molar-refractivity contribution in [3.8, 4) is 0 Å². The van der Waals surface area contributed by atoms with Crippen LogP contribution in [0, 0.1) is 5.92 Å². The number of aromatic nitrogens is 1. The Balaban J connectivity index is 2.20. The zero-order chi connectivity index (χ0) is 12.4. The maximum Gasteiger partial charge on any atom is 0.347 e. The molecule has 17 heavy (non-hydrogen) atoms. The van der Waals surface area contributed by atoms with Crippen LogP contribution in [-0.2, 0) is 6.42 Å². The van der Waals surface area contributed by atoms with Crippen LogP contribution >= 0.6 is 11.3 Å². The van der Waals surface area contributed by atoms with Crippen molar-refractivity contribution < 1.29 is 9.90 Å². The van der Waals surface area contributed by atoms with Crippen molar-refractivity contribution in [2.24, 2.45) is 5.92 Å². The van der Waals surface area contributed by atoms with E-state index in [1.807, 2.05) is 6.92 Å². The van der Waals surface area contributed by atoms with Crippen LogP contribution in [0.25, 0.3) is 0 Å². The summed E-state index contributed by atoms with van der Waals surface area (Å²) in [6, 6.07) is 0. The second-order valence-electron chi connectivity index (χ2n) is 4.41. The predicted molar refractivity (Wildman–Crippen MR) is 69.1 cm³/mol. The van der Waals surface area contributed by atoms with Gasteiger partial charge < -0.3 is 10.0 Å². The van der Waals surface area contributed by atoms with Gasteiger partial charge in [-0.3, -0.25) is 0 Å². The number of hydrogen-bond acceptors (Lipinski definition) is 4. The lowest BCUT2D eigenvalue weighted by atomic mass is 10.3. The van der Waals surface area contributed by atoms with E-state index in [2.05, 4.69) is 16.8 Å². The van der Waals surface area contributed by atoms with E-state index in [0.717, 1.165) is 24.1 Å². The number of carbonyl (C=O) groups is 1. The SMILES string of the molecule is CCc1nc(N(CC)CC2CC2)sc1C(=O)O. The lowest BCUT2D eigenvalue weighted by Crippen LogP contribution is -2.24. The number of carboxylic acids is 1. The topological polar surface area (TPSA) is 53.4 Å². The molecule has 0 spiro atoms. The molecule has 5 heteroatoms. The van der Waals surface area contributed by atoms with Gasteiger partial charge in [0.2, 0.25) is 0 Å². The number of carboxylic acid groups (broad SMARTS) is 1. The molecule has 1 N–H and O–H groups in total. The molecule has 1 aromatic heterocycles. The van der Waals surface area contributed by atoms with Crippen LogP contribution in [0.3, 0.4) is 0 Å². The van der Waals surface area contributed by atoms with E-state index in [1.54, 1.807) is 0 Å². The van der Waals surface area contributed by atoms with Gasteiger partial charge in [-0.15, -0.1) is 0 Å². The van der Waals surface area contributed by atoms with Gasteiger partial charge in [-0.1, -0.05) is 18.3 Å². The van der Waals surface area contributed by atoms with Gasteiger partial charge in [0.15, 0.2) is 5.13 Å². The predicted octanol–water partition coefficient (Wildman–Crippen LogP) is 2.64. The van der Waals surface area contributed by atoms with E-state index in [-0.39, 0.29) is 0 Å². The molecule has 0 amide bonds. The van der Waals surface area contributed by atoms with E-state index in [0.29, 0.717) is 17.0 Å². The molecule has 1 aliphatic carbocycles. The number of hydrogen-bond donors (Lipinski definition) is 1. The Hall–Kier alpha value is -1.10. The molecule has 1 aromatic rings. The standard InChI is InChI=1S/C12H18N2O2S/c1-3-9-10(11(15)16)17-12(13-9)14(4-2)7-8-5-6-8/h8H,3-7H2,1-2H3,(H,15,16). The molecule has 1 heterocycles. The zero-order valence-corrected chi connectivity index (χ0v) is 11.1. The molecule has 2 rings (SSSR count). The summed E-state index contributed by atoms with van der Waals surface area (Å²) in [6.07, 6.45) is 3.28.